The minimum absolute atomic E-state index is 0.246. The Balaban J connectivity index is 2.39. The maximum atomic E-state index is 5.89. The Morgan fingerprint density at radius 3 is 2.29 bits per heavy atom. The summed E-state index contributed by atoms with van der Waals surface area (Å²) in [6, 6.07) is 16.5. The summed E-state index contributed by atoms with van der Waals surface area (Å²) in [6.45, 7) is 2.63. The van der Waals surface area contributed by atoms with Crippen LogP contribution in [0, 0.1) is 6.92 Å². The molecule has 2 rings (SSSR count). The SMILES string of the molecule is Cc1cc([C@@H](CN)c2ccccc2)ccc1N. The van der Waals surface area contributed by atoms with Gasteiger partial charge in [-0.2, -0.15) is 0 Å². The third-order valence-corrected chi connectivity index (χ3v) is 3.13. The van der Waals surface area contributed by atoms with Crippen LogP contribution in [0.3, 0.4) is 0 Å². The molecular formula is C15H18N2. The second-order valence-electron chi connectivity index (χ2n) is 4.31. The van der Waals surface area contributed by atoms with Crippen LogP contribution in [0.15, 0.2) is 48.5 Å². The van der Waals surface area contributed by atoms with E-state index in [2.05, 4.69) is 24.3 Å². The number of aryl methyl sites for hydroxylation is 1. The molecule has 0 aliphatic rings. The molecule has 0 unspecified atom stereocenters. The summed E-state index contributed by atoms with van der Waals surface area (Å²) in [6.07, 6.45) is 0. The van der Waals surface area contributed by atoms with Crippen molar-refractivity contribution in [3.63, 3.8) is 0 Å². The van der Waals surface area contributed by atoms with E-state index >= 15 is 0 Å². The zero-order valence-corrected chi connectivity index (χ0v) is 10.1. The molecule has 4 N–H and O–H groups in total. The van der Waals surface area contributed by atoms with Crippen molar-refractivity contribution >= 4 is 5.69 Å². The summed E-state index contributed by atoms with van der Waals surface area (Å²) in [5, 5.41) is 0. The predicted molar refractivity (Wildman–Crippen MR) is 72.9 cm³/mol. The van der Waals surface area contributed by atoms with Crippen molar-refractivity contribution in [2.24, 2.45) is 5.73 Å². The molecule has 2 nitrogen and oxygen atoms in total. The molecule has 0 amide bonds. The van der Waals surface area contributed by atoms with E-state index in [9.17, 15) is 0 Å². The van der Waals surface area contributed by atoms with Gasteiger partial charge in [0.1, 0.15) is 0 Å². The van der Waals surface area contributed by atoms with Gasteiger partial charge in [-0.15, -0.1) is 0 Å². The number of rotatable bonds is 3. The van der Waals surface area contributed by atoms with E-state index in [-0.39, 0.29) is 5.92 Å². The molecule has 0 spiro atoms. The van der Waals surface area contributed by atoms with E-state index in [0.717, 1.165) is 11.3 Å². The second-order valence-corrected chi connectivity index (χ2v) is 4.31. The van der Waals surface area contributed by atoms with Crippen molar-refractivity contribution in [2.75, 3.05) is 12.3 Å². The smallest absolute Gasteiger partial charge is 0.0343 e. The molecule has 0 fully saturated rings. The van der Waals surface area contributed by atoms with Gasteiger partial charge in [-0.25, -0.2) is 0 Å². The normalized spacial score (nSPS) is 12.4. The summed E-state index contributed by atoms with van der Waals surface area (Å²) in [5.41, 5.74) is 16.1. The second kappa shape index (κ2) is 5.02. The molecular weight excluding hydrogens is 208 g/mol. The third kappa shape index (κ3) is 2.48. The molecule has 88 valence electrons. The first kappa shape index (κ1) is 11.7. The lowest BCUT2D eigenvalue weighted by Crippen LogP contribution is -2.14. The average Bonchev–Trinajstić information content (AvgIpc) is 2.36. The molecule has 17 heavy (non-hydrogen) atoms. The van der Waals surface area contributed by atoms with Gasteiger partial charge in [0.25, 0.3) is 0 Å². The topological polar surface area (TPSA) is 52.0 Å². The summed E-state index contributed by atoms with van der Waals surface area (Å²) in [5.74, 6) is 0.246. The lowest BCUT2D eigenvalue weighted by atomic mass is 9.90. The van der Waals surface area contributed by atoms with Crippen LogP contribution in [-0.2, 0) is 0 Å². The standard InChI is InChI=1S/C15H18N2/c1-11-9-13(7-8-15(11)17)14(10-16)12-5-3-2-4-6-12/h2-9,14H,10,16-17H2,1H3/t14-/m0/s1. The Morgan fingerprint density at radius 1 is 1.00 bits per heavy atom. The molecule has 0 radical (unpaired) electrons. The lowest BCUT2D eigenvalue weighted by molar-refractivity contribution is 0.818. The number of nitrogen functional groups attached to an aromatic ring is 1. The summed E-state index contributed by atoms with van der Waals surface area (Å²) >= 11 is 0. The molecule has 1 atom stereocenters. The van der Waals surface area contributed by atoms with Crippen LogP contribution in [0.1, 0.15) is 22.6 Å². The zero-order chi connectivity index (χ0) is 12.3. The Bertz CT molecular complexity index is 492. The monoisotopic (exact) mass is 226 g/mol. The molecule has 2 aromatic rings. The van der Waals surface area contributed by atoms with Crippen LogP contribution < -0.4 is 11.5 Å². The maximum absolute atomic E-state index is 5.89. The molecule has 0 heterocycles. The first-order valence-corrected chi connectivity index (χ1v) is 5.83. The molecule has 0 aliphatic carbocycles. The fourth-order valence-electron chi connectivity index (χ4n) is 2.07. The first-order chi connectivity index (χ1) is 8.22. The number of hydrogen-bond donors (Lipinski definition) is 2. The highest BCUT2D eigenvalue weighted by atomic mass is 14.6. The largest absolute Gasteiger partial charge is 0.399 e. The summed E-state index contributed by atoms with van der Waals surface area (Å²) in [7, 11) is 0. The number of anilines is 1. The van der Waals surface area contributed by atoms with Crippen molar-refractivity contribution in [3.8, 4) is 0 Å². The van der Waals surface area contributed by atoms with Gasteiger partial charge < -0.3 is 11.5 Å². The Hall–Kier alpha value is -1.80. The Labute approximate surface area is 102 Å². The predicted octanol–water partition coefficient (Wildman–Crippen LogP) is 2.67. The van der Waals surface area contributed by atoms with E-state index in [0.29, 0.717) is 6.54 Å². The fourth-order valence-corrected chi connectivity index (χ4v) is 2.07. The Kier molecular flexibility index (Phi) is 3.45. The minimum Gasteiger partial charge on any atom is -0.399 e. The van der Waals surface area contributed by atoms with Gasteiger partial charge in [0.15, 0.2) is 0 Å². The summed E-state index contributed by atoms with van der Waals surface area (Å²) < 4.78 is 0. The quantitative estimate of drug-likeness (QED) is 0.790. The average molecular weight is 226 g/mol. The van der Waals surface area contributed by atoms with Gasteiger partial charge in [-0.1, -0.05) is 42.5 Å². The van der Waals surface area contributed by atoms with Gasteiger partial charge in [-0.3, -0.25) is 0 Å². The molecule has 2 heteroatoms. The van der Waals surface area contributed by atoms with E-state index in [1.165, 1.54) is 11.1 Å². The van der Waals surface area contributed by atoms with Crippen molar-refractivity contribution in [3.05, 3.63) is 65.2 Å². The van der Waals surface area contributed by atoms with Crippen LogP contribution in [0.4, 0.5) is 5.69 Å². The molecule has 0 saturated heterocycles. The van der Waals surface area contributed by atoms with Crippen LogP contribution in [-0.4, -0.2) is 6.54 Å². The first-order valence-electron chi connectivity index (χ1n) is 5.83. The van der Waals surface area contributed by atoms with Gasteiger partial charge in [0, 0.05) is 18.2 Å². The molecule has 0 aliphatic heterocycles. The van der Waals surface area contributed by atoms with Crippen molar-refractivity contribution in [1.29, 1.82) is 0 Å². The van der Waals surface area contributed by atoms with Crippen molar-refractivity contribution in [2.45, 2.75) is 12.8 Å². The third-order valence-electron chi connectivity index (χ3n) is 3.13. The van der Waals surface area contributed by atoms with Crippen molar-refractivity contribution in [1.82, 2.24) is 0 Å². The van der Waals surface area contributed by atoms with E-state index in [1.807, 2.05) is 31.2 Å². The van der Waals surface area contributed by atoms with Crippen LogP contribution in [0.25, 0.3) is 0 Å². The minimum atomic E-state index is 0.246. The fraction of sp³-hybridized carbons (Fsp3) is 0.200. The Morgan fingerprint density at radius 2 is 1.71 bits per heavy atom. The van der Waals surface area contributed by atoms with Crippen molar-refractivity contribution < 1.29 is 0 Å². The van der Waals surface area contributed by atoms with Gasteiger partial charge in [-0.05, 0) is 29.7 Å². The van der Waals surface area contributed by atoms with Crippen LogP contribution in [0.2, 0.25) is 0 Å². The lowest BCUT2D eigenvalue weighted by Gasteiger charge is -2.17. The summed E-state index contributed by atoms with van der Waals surface area (Å²) in [4.78, 5) is 0. The molecule has 0 saturated carbocycles. The molecule has 2 aromatic carbocycles. The van der Waals surface area contributed by atoms with Crippen LogP contribution in [0.5, 0.6) is 0 Å². The number of benzene rings is 2. The van der Waals surface area contributed by atoms with E-state index in [1.54, 1.807) is 0 Å². The molecule has 0 aromatic heterocycles. The highest BCUT2D eigenvalue weighted by Gasteiger charge is 2.12. The van der Waals surface area contributed by atoms with E-state index < -0.39 is 0 Å². The number of nitrogens with two attached hydrogens (primary N) is 2. The highest BCUT2D eigenvalue weighted by molar-refractivity contribution is 5.49. The van der Waals surface area contributed by atoms with Gasteiger partial charge in [0.2, 0.25) is 0 Å². The van der Waals surface area contributed by atoms with E-state index in [4.69, 9.17) is 11.5 Å². The highest BCUT2D eigenvalue weighted by Crippen LogP contribution is 2.25. The molecule has 0 bridgehead atoms. The van der Waals surface area contributed by atoms with Crippen LogP contribution >= 0.6 is 0 Å². The van der Waals surface area contributed by atoms with Gasteiger partial charge >= 0.3 is 0 Å². The maximum Gasteiger partial charge on any atom is 0.0343 e. The number of hydrogen-bond acceptors (Lipinski definition) is 2. The zero-order valence-electron chi connectivity index (χ0n) is 10.1. The van der Waals surface area contributed by atoms with Gasteiger partial charge in [0.05, 0.1) is 0 Å².